The Balaban J connectivity index is 1.99. The molecule has 1 aromatic heterocycles. The molecule has 2 rings (SSSR count). The van der Waals surface area contributed by atoms with Gasteiger partial charge in [0.2, 0.25) is 0 Å². The number of hydrogen-bond donors (Lipinski definition) is 1. The maximum atomic E-state index is 12.1. The lowest BCUT2D eigenvalue weighted by Crippen LogP contribution is -2.29. The Morgan fingerprint density at radius 3 is 2.94 bits per heavy atom. The van der Waals surface area contributed by atoms with Gasteiger partial charge in [0.15, 0.2) is 0 Å². The van der Waals surface area contributed by atoms with Gasteiger partial charge in [-0.2, -0.15) is 13.2 Å². The molecule has 0 aliphatic carbocycles. The zero-order valence-electron chi connectivity index (χ0n) is 9.83. The van der Waals surface area contributed by atoms with Crippen molar-refractivity contribution in [3.63, 3.8) is 0 Å². The van der Waals surface area contributed by atoms with Gasteiger partial charge >= 0.3 is 6.18 Å². The second kappa shape index (κ2) is 5.67. The fraction of sp³-hybridized carbons (Fsp3) is 0.583. The molecular weight excluding hydrogens is 245 g/mol. The average molecular weight is 260 g/mol. The van der Waals surface area contributed by atoms with E-state index in [-0.39, 0.29) is 12.5 Å². The second-order valence-electron chi connectivity index (χ2n) is 4.32. The highest BCUT2D eigenvalue weighted by molar-refractivity contribution is 5.25. The number of rotatable bonds is 4. The van der Waals surface area contributed by atoms with Gasteiger partial charge in [-0.1, -0.05) is 6.07 Å². The molecule has 0 bridgehead atoms. The number of hydrogen-bond acceptors (Lipinski definition) is 3. The number of pyridine rings is 1. The van der Waals surface area contributed by atoms with Crippen molar-refractivity contribution < 1.29 is 17.9 Å². The first-order valence-electron chi connectivity index (χ1n) is 5.85. The van der Waals surface area contributed by atoms with Gasteiger partial charge in [0, 0.05) is 25.3 Å². The number of halogens is 3. The van der Waals surface area contributed by atoms with Crippen LogP contribution in [0.1, 0.15) is 23.6 Å². The highest BCUT2D eigenvalue weighted by Gasteiger charge is 2.27. The summed E-state index contributed by atoms with van der Waals surface area (Å²) in [7, 11) is 0. The summed E-state index contributed by atoms with van der Waals surface area (Å²) in [6, 6.07) is 3.72. The van der Waals surface area contributed by atoms with Crippen molar-refractivity contribution >= 4 is 0 Å². The lowest BCUT2D eigenvalue weighted by molar-refractivity contribution is -0.125. The van der Waals surface area contributed by atoms with Gasteiger partial charge in [0.1, 0.15) is 0 Å². The zero-order valence-corrected chi connectivity index (χ0v) is 9.83. The standard InChI is InChI=1S/C12H15F3N2O/c13-12(14,15)8-16-6-11-10(2-1-4-17-11)9-3-5-18-7-9/h1-2,4,9,16H,3,5-8H2/t9-/m1/s1. The minimum atomic E-state index is -4.19. The Morgan fingerprint density at radius 2 is 2.28 bits per heavy atom. The number of nitrogens with zero attached hydrogens (tertiary/aromatic N) is 1. The SMILES string of the molecule is FC(F)(F)CNCc1ncccc1[C@@H]1CCOC1. The van der Waals surface area contributed by atoms with Crippen LogP contribution >= 0.6 is 0 Å². The predicted octanol–water partition coefficient (Wildman–Crippen LogP) is 2.24. The summed E-state index contributed by atoms with van der Waals surface area (Å²) >= 11 is 0. The molecule has 1 saturated heterocycles. The minimum Gasteiger partial charge on any atom is -0.381 e. The van der Waals surface area contributed by atoms with Gasteiger partial charge < -0.3 is 10.1 Å². The summed E-state index contributed by atoms with van der Waals surface area (Å²) in [6.45, 7) is 0.462. The minimum absolute atomic E-state index is 0.131. The fourth-order valence-corrected chi connectivity index (χ4v) is 2.07. The van der Waals surface area contributed by atoms with Gasteiger partial charge in [0.25, 0.3) is 0 Å². The Kier molecular flexibility index (Phi) is 4.19. The summed E-state index contributed by atoms with van der Waals surface area (Å²) in [5, 5.41) is 2.38. The maximum absolute atomic E-state index is 12.1. The Hall–Kier alpha value is -1.14. The molecule has 1 aliphatic rings. The normalized spacial score (nSPS) is 20.3. The quantitative estimate of drug-likeness (QED) is 0.901. The van der Waals surface area contributed by atoms with Gasteiger partial charge in [-0.3, -0.25) is 4.98 Å². The van der Waals surface area contributed by atoms with Crippen LogP contribution in [0.5, 0.6) is 0 Å². The molecule has 0 spiro atoms. The van der Waals surface area contributed by atoms with Crippen molar-refractivity contribution in [3.05, 3.63) is 29.6 Å². The van der Waals surface area contributed by atoms with Crippen LogP contribution in [0.2, 0.25) is 0 Å². The summed E-state index contributed by atoms with van der Waals surface area (Å²) in [4.78, 5) is 4.16. The number of ether oxygens (including phenoxy) is 1. The van der Waals surface area contributed by atoms with Gasteiger partial charge in [-0.15, -0.1) is 0 Å². The molecule has 6 heteroatoms. The first kappa shape index (κ1) is 13.3. The molecule has 0 aromatic carbocycles. The van der Waals surface area contributed by atoms with Gasteiger partial charge in [-0.25, -0.2) is 0 Å². The number of aromatic nitrogens is 1. The third-order valence-corrected chi connectivity index (χ3v) is 2.91. The lowest BCUT2D eigenvalue weighted by atomic mass is 9.97. The number of alkyl halides is 3. The van der Waals surface area contributed by atoms with Crippen molar-refractivity contribution in [1.29, 1.82) is 0 Å². The maximum Gasteiger partial charge on any atom is 0.401 e. The van der Waals surface area contributed by atoms with Crippen LogP contribution in [0.25, 0.3) is 0 Å². The lowest BCUT2D eigenvalue weighted by Gasteiger charge is -2.14. The second-order valence-corrected chi connectivity index (χ2v) is 4.32. The van der Waals surface area contributed by atoms with Crippen molar-refractivity contribution in [3.8, 4) is 0 Å². The molecule has 1 atom stereocenters. The Labute approximate surface area is 103 Å². The molecule has 1 fully saturated rings. The van der Waals surface area contributed by atoms with Crippen molar-refractivity contribution in [2.75, 3.05) is 19.8 Å². The van der Waals surface area contributed by atoms with Crippen LogP contribution in [0.3, 0.4) is 0 Å². The molecular formula is C12H15F3N2O. The van der Waals surface area contributed by atoms with E-state index in [2.05, 4.69) is 10.3 Å². The van der Waals surface area contributed by atoms with E-state index in [1.807, 2.05) is 6.07 Å². The first-order chi connectivity index (χ1) is 8.56. The highest BCUT2D eigenvalue weighted by Crippen LogP contribution is 2.27. The summed E-state index contributed by atoms with van der Waals surface area (Å²) in [6.07, 6.45) is -1.69. The monoisotopic (exact) mass is 260 g/mol. The van der Waals surface area contributed by atoms with E-state index in [0.29, 0.717) is 18.9 Å². The van der Waals surface area contributed by atoms with Gasteiger partial charge in [0.05, 0.1) is 18.8 Å². The average Bonchev–Trinajstić information content (AvgIpc) is 2.81. The van der Waals surface area contributed by atoms with Crippen molar-refractivity contribution in [2.24, 2.45) is 0 Å². The zero-order chi connectivity index (χ0) is 13.0. The third-order valence-electron chi connectivity index (χ3n) is 2.91. The van der Waals surface area contributed by atoms with Crippen molar-refractivity contribution in [2.45, 2.75) is 25.1 Å². The van der Waals surface area contributed by atoms with Crippen molar-refractivity contribution in [1.82, 2.24) is 10.3 Å². The van der Waals surface area contributed by atoms with Crippen LogP contribution in [0.15, 0.2) is 18.3 Å². The number of nitrogens with one attached hydrogen (secondary N) is 1. The van der Waals surface area contributed by atoms with Crippen LogP contribution in [0.4, 0.5) is 13.2 Å². The molecule has 2 heterocycles. The molecule has 0 saturated carbocycles. The Bertz CT molecular complexity index is 389. The molecule has 0 unspecified atom stereocenters. The molecule has 3 nitrogen and oxygen atoms in total. The third kappa shape index (κ3) is 3.68. The molecule has 1 N–H and O–H groups in total. The largest absolute Gasteiger partial charge is 0.401 e. The topological polar surface area (TPSA) is 34.2 Å². The van der Waals surface area contributed by atoms with Crippen LogP contribution in [0, 0.1) is 0 Å². The van der Waals surface area contributed by atoms with E-state index >= 15 is 0 Å². The Morgan fingerprint density at radius 1 is 1.44 bits per heavy atom. The van der Waals surface area contributed by atoms with E-state index in [1.54, 1.807) is 12.3 Å². The molecule has 1 aromatic rings. The molecule has 0 amide bonds. The van der Waals surface area contributed by atoms with E-state index in [9.17, 15) is 13.2 Å². The van der Waals surface area contributed by atoms with Gasteiger partial charge in [-0.05, 0) is 18.1 Å². The predicted molar refractivity (Wildman–Crippen MR) is 60.2 cm³/mol. The van der Waals surface area contributed by atoms with Crippen LogP contribution in [-0.4, -0.2) is 30.9 Å². The summed E-state index contributed by atoms with van der Waals surface area (Å²) in [5.41, 5.74) is 1.67. The van der Waals surface area contributed by atoms with E-state index in [0.717, 1.165) is 12.0 Å². The first-order valence-corrected chi connectivity index (χ1v) is 5.85. The molecule has 18 heavy (non-hydrogen) atoms. The molecule has 1 aliphatic heterocycles. The highest BCUT2D eigenvalue weighted by atomic mass is 19.4. The molecule has 0 radical (unpaired) electrons. The van der Waals surface area contributed by atoms with E-state index < -0.39 is 12.7 Å². The van der Waals surface area contributed by atoms with Crippen LogP contribution in [-0.2, 0) is 11.3 Å². The molecule has 100 valence electrons. The van der Waals surface area contributed by atoms with Crippen LogP contribution < -0.4 is 5.32 Å². The van der Waals surface area contributed by atoms with E-state index in [4.69, 9.17) is 4.74 Å². The summed E-state index contributed by atoms with van der Waals surface area (Å²) in [5.74, 6) is 0.251. The van der Waals surface area contributed by atoms with E-state index in [1.165, 1.54) is 0 Å². The summed E-state index contributed by atoms with van der Waals surface area (Å²) < 4.78 is 41.5. The smallest absolute Gasteiger partial charge is 0.381 e. The fourth-order valence-electron chi connectivity index (χ4n) is 2.07.